The van der Waals surface area contributed by atoms with Crippen LogP contribution in [0.4, 0.5) is 0 Å². The van der Waals surface area contributed by atoms with E-state index in [1.165, 1.54) is 0 Å². The molecule has 0 aliphatic carbocycles. The summed E-state index contributed by atoms with van der Waals surface area (Å²) in [5.41, 5.74) is 5.50. The lowest BCUT2D eigenvalue weighted by Gasteiger charge is -2.04. The molecule has 3 aromatic rings. The molecule has 142 valence electrons. The number of aromatic nitrogens is 2. The molecule has 0 bridgehead atoms. The molecule has 0 atom stereocenters. The molecule has 1 amide bonds. The quantitative estimate of drug-likeness (QED) is 0.482. The van der Waals surface area contributed by atoms with Gasteiger partial charge in [0, 0.05) is 10.6 Å². The SMILES string of the molecule is COc1ccc(/C=C/C(=N/NC(=O)c2snnc2C)c2ccc(Cl)cc2)cc1. The number of nitrogens with zero attached hydrogens (tertiary/aromatic N) is 3. The largest absolute Gasteiger partial charge is 0.497 e. The molecule has 1 N–H and O–H groups in total. The zero-order valence-electron chi connectivity index (χ0n) is 15.2. The molecule has 28 heavy (non-hydrogen) atoms. The zero-order chi connectivity index (χ0) is 19.9. The van der Waals surface area contributed by atoms with Gasteiger partial charge in [-0.2, -0.15) is 5.10 Å². The zero-order valence-corrected chi connectivity index (χ0v) is 16.8. The van der Waals surface area contributed by atoms with E-state index in [0.717, 1.165) is 28.4 Å². The summed E-state index contributed by atoms with van der Waals surface area (Å²) >= 11 is 7.01. The molecule has 2 aromatic carbocycles. The molecule has 0 aliphatic rings. The van der Waals surface area contributed by atoms with Gasteiger partial charge in [0.2, 0.25) is 0 Å². The maximum absolute atomic E-state index is 12.3. The van der Waals surface area contributed by atoms with Crippen LogP contribution >= 0.6 is 23.1 Å². The van der Waals surface area contributed by atoms with Gasteiger partial charge in [-0.1, -0.05) is 46.4 Å². The molecule has 0 unspecified atom stereocenters. The summed E-state index contributed by atoms with van der Waals surface area (Å²) in [4.78, 5) is 12.7. The van der Waals surface area contributed by atoms with Crippen molar-refractivity contribution in [3.8, 4) is 5.75 Å². The number of aryl methyl sites for hydroxylation is 1. The Kier molecular flexibility index (Phi) is 6.52. The van der Waals surface area contributed by atoms with E-state index in [2.05, 4.69) is 20.1 Å². The maximum Gasteiger partial charge on any atom is 0.285 e. The number of amides is 1. The molecule has 8 heteroatoms. The van der Waals surface area contributed by atoms with E-state index in [-0.39, 0.29) is 5.91 Å². The Morgan fingerprint density at radius 3 is 2.50 bits per heavy atom. The summed E-state index contributed by atoms with van der Waals surface area (Å²) in [7, 11) is 1.62. The van der Waals surface area contributed by atoms with Gasteiger partial charge in [-0.15, -0.1) is 5.10 Å². The number of hydrogen-bond acceptors (Lipinski definition) is 6. The van der Waals surface area contributed by atoms with Crippen LogP contribution in [0.2, 0.25) is 5.02 Å². The predicted molar refractivity (Wildman–Crippen MR) is 112 cm³/mol. The predicted octanol–water partition coefficient (Wildman–Crippen LogP) is 4.36. The monoisotopic (exact) mass is 412 g/mol. The topological polar surface area (TPSA) is 76.5 Å². The van der Waals surface area contributed by atoms with Gasteiger partial charge in [0.1, 0.15) is 10.6 Å². The molecular formula is C20H17ClN4O2S. The van der Waals surface area contributed by atoms with Crippen molar-refractivity contribution >= 4 is 40.8 Å². The van der Waals surface area contributed by atoms with Crippen molar-refractivity contribution in [3.05, 3.63) is 81.3 Å². The number of carbonyl (C=O) groups excluding carboxylic acids is 1. The summed E-state index contributed by atoms with van der Waals surface area (Å²) in [6.45, 7) is 1.73. The fourth-order valence-electron chi connectivity index (χ4n) is 2.31. The lowest BCUT2D eigenvalue weighted by atomic mass is 10.1. The van der Waals surface area contributed by atoms with Gasteiger partial charge in [-0.25, -0.2) is 5.43 Å². The van der Waals surface area contributed by atoms with Crippen LogP contribution in [0, 0.1) is 6.92 Å². The van der Waals surface area contributed by atoms with E-state index in [1.54, 1.807) is 26.2 Å². The molecular weight excluding hydrogens is 396 g/mol. The normalized spacial score (nSPS) is 11.6. The number of ether oxygens (including phenoxy) is 1. The fraction of sp³-hybridized carbons (Fsp3) is 0.100. The smallest absolute Gasteiger partial charge is 0.285 e. The number of rotatable bonds is 6. The van der Waals surface area contributed by atoms with E-state index >= 15 is 0 Å². The first-order valence-corrected chi connectivity index (χ1v) is 9.47. The maximum atomic E-state index is 12.3. The Bertz CT molecular complexity index is 1010. The van der Waals surface area contributed by atoms with Crippen molar-refractivity contribution in [3.63, 3.8) is 0 Å². The van der Waals surface area contributed by atoms with Crippen LogP contribution in [0.1, 0.15) is 26.5 Å². The summed E-state index contributed by atoms with van der Waals surface area (Å²) in [5.74, 6) is 0.432. The number of allylic oxidation sites excluding steroid dienone is 1. The van der Waals surface area contributed by atoms with Crippen molar-refractivity contribution < 1.29 is 9.53 Å². The molecule has 0 spiro atoms. The molecule has 1 heterocycles. The van der Waals surface area contributed by atoms with Crippen molar-refractivity contribution in [2.24, 2.45) is 5.10 Å². The number of methoxy groups -OCH3 is 1. The van der Waals surface area contributed by atoms with Crippen LogP contribution in [0.25, 0.3) is 6.08 Å². The summed E-state index contributed by atoms with van der Waals surface area (Å²) in [6.07, 6.45) is 3.72. The van der Waals surface area contributed by atoms with Crippen LogP contribution in [-0.2, 0) is 0 Å². The van der Waals surface area contributed by atoms with Gasteiger partial charge in [-0.3, -0.25) is 4.79 Å². The highest BCUT2D eigenvalue weighted by molar-refractivity contribution is 7.08. The third-order valence-electron chi connectivity index (χ3n) is 3.83. The van der Waals surface area contributed by atoms with E-state index in [4.69, 9.17) is 16.3 Å². The van der Waals surface area contributed by atoms with E-state index < -0.39 is 0 Å². The van der Waals surface area contributed by atoms with Gasteiger partial charge in [0.15, 0.2) is 0 Å². The number of benzene rings is 2. The van der Waals surface area contributed by atoms with Crippen LogP contribution in [-0.4, -0.2) is 28.3 Å². The molecule has 0 saturated heterocycles. The van der Waals surface area contributed by atoms with Crippen LogP contribution < -0.4 is 10.2 Å². The number of hydrogen-bond donors (Lipinski definition) is 1. The lowest BCUT2D eigenvalue weighted by molar-refractivity contribution is 0.0958. The molecule has 6 nitrogen and oxygen atoms in total. The molecule has 0 aliphatic heterocycles. The summed E-state index contributed by atoms with van der Waals surface area (Å²) in [6, 6.07) is 14.8. The van der Waals surface area contributed by atoms with E-state index in [9.17, 15) is 4.79 Å². The lowest BCUT2D eigenvalue weighted by Crippen LogP contribution is -2.19. The standard InChI is InChI=1S/C20H17ClN4O2S/c1-13-19(28-25-22-13)20(26)24-23-18(15-6-8-16(21)9-7-15)12-5-14-3-10-17(27-2)11-4-14/h3-12H,1-2H3,(H,24,26)/b12-5+,23-18-. The van der Waals surface area contributed by atoms with Gasteiger partial charge < -0.3 is 4.74 Å². The van der Waals surface area contributed by atoms with Crippen LogP contribution in [0.5, 0.6) is 5.75 Å². The van der Waals surface area contributed by atoms with Gasteiger partial charge in [0.05, 0.1) is 18.5 Å². The van der Waals surface area contributed by atoms with Crippen molar-refractivity contribution in [1.82, 2.24) is 15.0 Å². The average Bonchev–Trinajstić information content (AvgIpc) is 3.15. The molecule has 0 radical (unpaired) electrons. The first-order valence-electron chi connectivity index (χ1n) is 8.32. The molecule has 3 rings (SSSR count). The highest BCUT2D eigenvalue weighted by Gasteiger charge is 2.12. The van der Waals surface area contributed by atoms with Gasteiger partial charge >= 0.3 is 0 Å². The second-order valence-corrected chi connectivity index (χ2v) is 6.93. The van der Waals surface area contributed by atoms with Gasteiger partial charge in [-0.05, 0) is 54.4 Å². The van der Waals surface area contributed by atoms with E-state index in [1.807, 2.05) is 48.6 Å². The number of nitrogens with one attached hydrogen (secondary N) is 1. The second kappa shape index (κ2) is 9.25. The van der Waals surface area contributed by atoms with Crippen LogP contribution in [0.3, 0.4) is 0 Å². The fourth-order valence-corrected chi connectivity index (χ4v) is 2.98. The Morgan fingerprint density at radius 2 is 1.89 bits per heavy atom. The molecule has 1 aromatic heterocycles. The Hall–Kier alpha value is -3.03. The third kappa shape index (κ3) is 5.03. The average molecular weight is 413 g/mol. The van der Waals surface area contributed by atoms with E-state index in [0.29, 0.717) is 21.3 Å². The Labute approximate surface area is 171 Å². The first kappa shape index (κ1) is 19.7. The van der Waals surface area contributed by atoms with Crippen molar-refractivity contribution in [2.75, 3.05) is 7.11 Å². The molecule has 0 saturated carbocycles. The number of carbonyl (C=O) groups is 1. The van der Waals surface area contributed by atoms with Crippen molar-refractivity contribution in [1.29, 1.82) is 0 Å². The number of halogens is 1. The van der Waals surface area contributed by atoms with Crippen LogP contribution in [0.15, 0.2) is 59.7 Å². The minimum atomic E-state index is -0.350. The third-order valence-corrected chi connectivity index (χ3v) is 4.90. The number of hydrazone groups is 1. The minimum Gasteiger partial charge on any atom is -0.497 e. The second-order valence-electron chi connectivity index (χ2n) is 5.74. The highest BCUT2D eigenvalue weighted by atomic mass is 35.5. The summed E-state index contributed by atoms with van der Waals surface area (Å²) < 4.78 is 8.94. The first-order chi connectivity index (χ1) is 13.6. The Morgan fingerprint density at radius 1 is 1.18 bits per heavy atom. The van der Waals surface area contributed by atoms with Crippen molar-refractivity contribution in [2.45, 2.75) is 6.92 Å². The minimum absolute atomic E-state index is 0.350. The highest BCUT2D eigenvalue weighted by Crippen LogP contribution is 2.15. The summed E-state index contributed by atoms with van der Waals surface area (Å²) in [5, 5.41) is 8.75. The Balaban J connectivity index is 1.85. The van der Waals surface area contributed by atoms with Gasteiger partial charge in [0.25, 0.3) is 5.91 Å². The molecule has 0 fully saturated rings.